The van der Waals surface area contributed by atoms with Crippen LogP contribution >= 0.6 is 11.3 Å². The van der Waals surface area contributed by atoms with Crippen molar-refractivity contribution in [1.82, 2.24) is 10.2 Å². The van der Waals surface area contributed by atoms with E-state index in [9.17, 15) is 14.4 Å². The van der Waals surface area contributed by atoms with Gasteiger partial charge in [0.1, 0.15) is 10.4 Å². The lowest BCUT2D eigenvalue weighted by Crippen LogP contribution is -2.44. The van der Waals surface area contributed by atoms with Crippen LogP contribution in [0.1, 0.15) is 45.8 Å². The predicted octanol–water partition coefficient (Wildman–Crippen LogP) is 2.12. The Morgan fingerprint density at radius 1 is 1.43 bits per heavy atom. The van der Waals surface area contributed by atoms with E-state index in [1.165, 1.54) is 4.90 Å². The summed E-state index contributed by atoms with van der Waals surface area (Å²) in [6.07, 6.45) is 3.27. The third-order valence-corrected chi connectivity index (χ3v) is 5.34. The molecule has 2 heterocycles. The van der Waals surface area contributed by atoms with Crippen molar-refractivity contribution >= 4 is 29.2 Å². The number of hydrogen-bond acceptors (Lipinski definition) is 4. The molecular weight excluding hydrogens is 292 g/mol. The summed E-state index contributed by atoms with van der Waals surface area (Å²) in [6.45, 7) is 1.94. The van der Waals surface area contributed by atoms with Crippen molar-refractivity contribution in [1.29, 1.82) is 0 Å². The molecule has 2 N–H and O–H groups in total. The van der Waals surface area contributed by atoms with Crippen LogP contribution in [-0.2, 0) is 11.3 Å². The number of urea groups is 1. The van der Waals surface area contributed by atoms with Crippen LogP contribution in [0.4, 0.5) is 4.79 Å². The van der Waals surface area contributed by atoms with E-state index in [-0.39, 0.29) is 23.4 Å². The molecule has 0 radical (unpaired) electrons. The van der Waals surface area contributed by atoms with Gasteiger partial charge in [0, 0.05) is 4.88 Å². The van der Waals surface area contributed by atoms with Gasteiger partial charge in [-0.1, -0.05) is 12.8 Å². The molecule has 0 bridgehead atoms. The zero-order valence-corrected chi connectivity index (χ0v) is 12.5. The molecule has 0 atom stereocenters. The van der Waals surface area contributed by atoms with Gasteiger partial charge in [-0.3, -0.25) is 9.69 Å². The second-order valence-corrected chi connectivity index (χ2v) is 6.86. The summed E-state index contributed by atoms with van der Waals surface area (Å²) in [5.41, 5.74) is 0.00680. The Morgan fingerprint density at radius 2 is 2.10 bits per heavy atom. The molecule has 1 aliphatic carbocycles. The van der Waals surface area contributed by atoms with Crippen LogP contribution in [-0.4, -0.2) is 33.5 Å². The van der Waals surface area contributed by atoms with Crippen molar-refractivity contribution in [2.24, 2.45) is 0 Å². The predicted molar refractivity (Wildman–Crippen MR) is 76.3 cm³/mol. The Kier molecular flexibility index (Phi) is 3.24. The molecule has 7 heteroatoms. The average molecular weight is 308 g/mol. The molecule has 6 nitrogen and oxygen atoms in total. The first-order valence-electron chi connectivity index (χ1n) is 6.90. The summed E-state index contributed by atoms with van der Waals surface area (Å²) in [5.74, 6) is -1.16. The molecule has 1 aromatic heterocycles. The van der Waals surface area contributed by atoms with Crippen LogP contribution in [0.25, 0.3) is 0 Å². The molecule has 21 heavy (non-hydrogen) atoms. The van der Waals surface area contributed by atoms with E-state index in [0.717, 1.165) is 34.6 Å². The summed E-state index contributed by atoms with van der Waals surface area (Å²) < 4.78 is 0. The van der Waals surface area contributed by atoms with Gasteiger partial charge >= 0.3 is 12.0 Å². The highest BCUT2D eigenvalue weighted by atomic mass is 32.1. The Hall–Kier alpha value is -1.89. The highest BCUT2D eigenvalue weighted by Gasteiger charge is 2.52. The summed E-state index contributed by atoms with van der Waals surface area (Å²) in [6, 6.07) is 1.17. The van der Waals surface area contributed by atoms with Crippen LogP contribution in [0.5, 0.6) is 0 Å². The number of imide groups is 1. The fourth-order valence-electron chi connectivity index (χ4n) is 3.09. The lowest BCUT2D eigenvalue weighted by atomic mass is 9.98. The SMILES string of the molecule is Cc1sc(C(=O)O)cc1CN1C(=O)NC2(CCCC2)C1=O. The normalized spacial score (nSPS) is 20.3. The van der Waals surface area contributed by atoms with Crippen molar-refractivity contribution in [2.75, 3.05) is 0 Å². The van der Waals surface area contributed by atoms with Crippen LogP contribution in [0.2, 0.25) is 0 Å². The maximum Gasteiger partial charge on any atom is 0.345 e. The average Bonchev–Trinajstić information content (AvgIpc) is 3.08. The highest BCUT2D eigenvalue weighted by molar-refractivity contribution is 7.14. The van der Waals surface area contributed by atoms with Gasteiger partial charge in [-0.05, 0) is 31.4 Å². The second-order valence-electron chi connectivity index (χ2n) is 5.61. The van der Waals surface area contributed by atoms with Crippen molar-refractivity contribution < 1.29 is 19.5 Å². The van der Waals surface area contributed by atoms with Gasteiger partial charge < -0.3 is 10.4 Å². The Balaban J connectivity index is 1.83. The number of carboxylic acid groups (broad SMARTS) is 1. The summed E-state index contributed by atoms with van der Waals surface area (Å²) >= 11 is 1.16. The van der Waals surface area contributed by atoms with Crippen LogP contribution in [0, 0.1) is 6.92 Å². The molecule has 2 aliphatic rings. The lowest BCUT2D eigenvalue weighted by Gasteiger charge is -2.20. The molecule has 1 aromatic rings. The maximum atomic E-state index is 12.5. The van der Waals surface area contributed by atoms with E-state index in [2.05, 4.69) is 5.32 Å². The number of carboxylic acids is 1. The number of carbonyl (C=O) groups excluding carboxylic acids is 2. The fourth-order valence-corrected chi connectivity index (χ4v) is 3.96. The minimum atomic E-state index is -0.987. The van der Waals surface area contributed by atoms with E-state index < -0.39 is 11.5 Å². The monoisotopic (exact) mass is 308 g/mol. The van der Waals surface area contributed by atoms with Crippen LogP contribution < -0.4 is 5.32 Å². The molecule has 1 spiro atoms. The number of aryl methyl sites for hydroxylation is 1. The van der Waals surface area contributed by atoms with E-state index >= 15 is 0 Å². The van der Waals surface area contributed by atoms with E-state index in [1.54, 1.807) is 13.0 Å². The van der Waals surface area contributed by atoms with E-state index in [0.29, 0.717) is 12.8 Å². The molecule has 1 aliphatic heterocycles. The Bertz CT molecular complexity index is 631. The molecule has 2 fully saturated rings. The molecule has 1 saturated heterocycles. The van der Waals surface area contributed by atoms with Gasteiger partial charge in [-0.2, -0.15) is 0 Å². The highest BCUT2D eigenvalue weighted by Crippen LogP contribution is 2.36. The topological polar surface area (TPSA) is 86.7 Å². The number of hydrogen-bond donors (Lipinski definition) is 2. The number of rotatable bonds is 3. The lowest BCUT2D eigenvalue weighted by molar-refractivity contribution is -0.131. The number of nitrogens with one attached hydrogen (secondary N) is 1. The van der Waals surface area contributed by atoms with Gasteiger partial charge in [0.05, 0.1) is 6.54 Å². The van der Waals surface area contributed by atoms with E-state index in [4.69, 9.17) is 5.11 Å². The molecule has 1 saturated carbocycles. The Labute approximate surface area is 125 Å². The minimum absolute atomic E-state index is 0.141. The number of carbonyl (C=O) groups is 3. The molecular formula is C14H16N2O4S. The van der Waals surface area contributed by atoms with Crippen molar-refractivity contribution in [3.05, 3.63) is 21.4 Å². The van der Waals surface area contributed by atoms with Gasteiger partial charge in [-0.15, -0.1) is 11.3 Å². The van der Waals surface area contributed by atoms with E-state index in [1.807, 2.05) is 0 Å². The number of thiophene rings is 1. The maximum absolute atomic E-state index is 12.5. The molecule has 112 valence electrons. The first-order valence-corrected chi connectivity index (χ1v) is 7.71. The number of amides is 3. The van der Waals surface area contributed by atoms with Gasteiger partial charge in [0.2, 0.25) is 0 Å². The minimum Gasteiger partial charge on any atom is -0.477 e. The number of aromatic carboxylic acids is 1. The third-order valence-electron chi connectivity index (χ3n) is 4.26. The zero-order valence-electron chi connectivity index (χ0n) is 11.6. The third kappa shape index (κ3) is 2.21. The van der Waals surface area contributed by atoms with Gasteiger partial charge in [-0.25, -0.2) is 9.59 Å². The molecule has 0 aromatic carbocycles. The summed E-state index contributed by atoms with van der Waals surface area (Å²) in [5, 5.41) is 11.8. The molecule has 3 rings (SSSR count). The standard InChI is InChI=1S/C14H16N2O4S/c1-8-9(6-10(21-8)11(17)18)7-16-12(19)14(15-13(16)20)4-2-3-5-14/h6H,2-5,7H2,1H3,(H,15,20)(H,17,18). The fraction of sp³-hybridized carbons (Fsp3) is 0.500. The van der Waals surface area contributed by atoms with Crippen LogP contribution in [0.15, 0.2) is 6.07 Å². The quantitative estimate of drug-likeness (QED) is 0.837. The Morgan fingerprint density at radius 3 is 2.67 bits per heavy atom. The largest absolute Gasteiger partial charge is 0.477 e. The summed E-state index contributed by atoms with van der Waals surface area (Å²) in [4.78, 5) is 37.9. The number of nitrogens with zero attached hydrogens (tertiary/aromatic N) is 1. The van der Waals surface area contributed by atoms with Crippen LogP contribution in [0.3, 0.4) is 0 Å². The first kappa shape index (κ1) is 14.1. The zero-order chi connectivity index (χ0) is 15.2. The van der Waals surface area contributed by atoms with Crippen molar-refractivity contribution in [3.63, 3.8) is 0 Å². The summed E-state index contributed by atoms with van der Waals surface area (Å²) in [7, 11) is 0. The van der Waals surface area contributed by atoms with Crippen molar-refractivity contribution in [3.8, 4) is 0 Å². The first-order chi connectivity index (χ1) is 9.93. The van der Waals surface area contributed by atoms with Gasteiger partial charge in [0.15, 0.2) is 0 Å². The van der Waals surface area contributed by atoms with Gasteiger partial charge in [0.25, 0.3) is 5.91 Å². The second kappa shape index (κ2) is 4.84. The van der Waals surface area contributed by atoms with Crippen molar-refractivity contribution in [2.45, 2.75) is 44.7 Å². The molecule has 3 amide bonds. The smallest absolute Gasteiger partial charge is 0.345 e. The molecule has 0 unspecified atom stereocenters.